The highest BCUT2D eigenvalue weighted by molar-refractivity contribution is 7.48. The van der Waals surface area contributed by atoms with Crippen LogP contribution in [0.1, 0.15) is 34.1 Å². The fourth-order valence-electron chi connectivity index (χ4n) is 1.91. The molecule has 4 nitrogen and oxygen atoms in total. The van der Waals surface area contributed by atoms with E-state index in [1.807, 2.05) is 27.7 Å². The summed E-state index contributed by atoms with van der Waals surface area (Å²) in [5, 5.41) is 0. The van der Waals surface area contributed by atoms with E-state index in [-0.39, 0.29) is 6.61 Å². The van der Waals surface area contributed by atoms with Crippen LogP contribution in [0.25, 0.3) is 0 Å². The van der Waals surface area contributed by atoms with Gasteiger partial charge in [0.25, 0.3) is 0 Å². The summed E-state index contributed by atoms with van der Waals surface area (Å²) in [6.07, 6.45) is 2.18. The van der Waals surface area contributed by atoms with E-state index in [2.05, 4.69) is 6.58 Å². The predicted molar refractivity (Wildman–Crippen MR) is 58.7 cm³/mol. The van der Waals surface area contributed by atoms with E-state index in [4.69, 9.17) is 13.6 Å². The first-order valence-corrected chi connectivity index (χ1v) is 6.41. The van der Waals surface area contributed by atoms with E-state index >= 15 is 0 Å². The van der Waals surface area contributed by atoms with E-state index in [0.717, 1.165) is 0 Å². The lowest BCUT2D eigenvalue weighted by atomic mass is 9.93. The number of hydrogen-bond donors (Lipinski definition) is 0. The second-order valence-corrected chi connectivity index (χ2v) is 6.43. The molecule has 0 aliphatic carbocycles. The highest BCUT2D eigenvalue weighted by Crippen LogP contribution is 2.60. The second-order valence-electron chi connectivity index (χ2n) is 4.91. The Kier molecular flexibility index (Phi) is 3.46. The molecule has 1 fully saturated rings. The minimum absolute atomic E-state index is 0.156. The number of rotatable bonds is 3. The van der Waals surface area contributed by atoms with Crippen LogP contribution in [-0.4, -0.2) is 17.8 Å². The first-order chi connectivity index (χ1) is 6.68. The fraction of sp³-hybridized carbons (Fsp3) is 0.800. The van der Waals surface area contributed by atoms with E-state index in [9.17, 15) is 4.57 Å². The van der Waals surface area contributed by atoms with Crippen LogP contribution in [-0.2, 0) is 18.1 Å². The van der Waals surface area contributed by atoms with Crippen molar-refractivity contribution in [3.05, 3.63) is 12.7 Å². The van der Waals surface area contributed by atoms with Crippen LogP contribution in [0.2, 0.25) is 0 Å². The lowest BCUT2D eigenvalue weighted by Crippen LogP contribution is -2.41. The Labute approximate surface area is 91.2 Å². The molecule has 1 rings (SSSR count). The van der Waals surface area contributed by atoms with Crippen molar-refractivity contribution in [1.29, 1.82) is 0 Å². The maximum atomic E-state index is 12.1. The highest BCUT2D eigenvalue weighted by Gasteiger charge is 2.48. The molecule has 1 heterocycles. The van der Waals surface area contributed by atoms with Gasteiger partial charge in [-0.3, -0.25) is 13.6 Å². The zero-order valence-corrected chi connectivity index (χ0v) is 10.7. The van der Waals surface area contributed by atoms with Crippen LogP contribution in [0.4, 0.5) is 0 Å². The molecule has 1 aliphatic rings. The summed E-state index contributed by atoms with van der Waals surface area (Å²) < 4.78 is 27.9. The van der Waals surface area contributed by atoms with Crippen molar-refractivity contribution in [2.45, 2.75) is 45.3 Å². The maximum Gasteiger partial charge on any atom is 0.476 e. The largest absolute Gasteiger partial charge is 0.476 e. The molecule has 0 spiro atoms. The van der Waals surface area contributed by atoms with Crippen LogP contribution in [0.5, 0.6) is 0 Å². The van der Waals surface area contributed by atoms with Gasteiger partial charge in [-0.15, -0.1) is 6.58 Å². The third kappa shape index (κ3) is 3.72. The molecule has 0 aromatic carbocycles. The second kappa shape index (κ2) is 4.02. The van der Waals surface area contributed by atoms with Crippen molar-refractivity contribution >= 4 is 7.82 Å². The van der Waals surface area contributed by atoms with Gasteiger partial charge in [0.05, 0.1) is 17.8 Å². The molecule has 0 aromatic rings. The van der Waals surface area contributed by atoms with Crippen molar-refractivity contribution in [2.24, 2.45) is 0 Å². The summed E-state index contributed by atoms with van der Waals surface area (Å²) in [7, 11) is -3.44. The van der Waals surface area contributed by atoms with Crippen LogP contribution in [0, 0.1) is 0 Å². The average molecular weight is 234 g/mol. The lowest BCUT2D eigenvalue weighted by molar-refractivity contribution is -0.0876. The summed E-state index contributed by atoms with van der Waals surface area (Å²) in [4.78, 5) is 0. The van der Waals surface area contributed by atoms with Gasteiger partial charge in [-0.1, -0.05) is 6.08 Å². The Morgan fingerprint density at radius 3 is 2.20 bits per heavy atom. The van der Waals surface area contributed by atoms with E-state index in [1.54, 1.807) is 0 Å². The molecule has 0 radical (unpaired) electrons. The van der Waals surface area contributed by atoms with Gasteiger partial charge >= 0.3 is 7.82 Å². The Morgan fingerprint density at radius 2 is 1.80 bits per heavy atom. The number of phosphoric ester groups is 1. The maximum absolute atomic E-state index is 12.1. The van der Waals surface area contributed by atoms with Crippen molar-refractivity contribution < 1.29 is 18.1 Å². The quantitative estimate of drug-likeness (QED) is 0.555. The third-order valence-electron chi connectivity index (χ3n) is 1.92. The number of hydrogen-bond acceptors (Lipinski definition) is 4. The normalized spacial score (nSPS) is 27.2. The van der Waals surface area contributed by atoms with Crippen molar-refractivity contribution in [1.82, 2.24) is 0 Å². The van der Waals surface area contributed by atoms with Gasteiger partial charge in [0, 0.05) is 6.42 Å². The summed E-state index contributed by atoms with van der Waals surface area (Å²) in [6, 6.07) is 0. The Balaban J connectivity index is 2.82. The molecular weight excluding hydrogens is 215 g/mol. The van der Waals surface area contributed by atoms with E-state index in [0.29, 0.717) is 6.42 Å². The summed E-state index contributed by atoms with van der Waals surface area (Å²) in [5.41, 5.74) is -1.00. The molecule has 0 saturated carbocycles. The molecule has 88 valence electrons. The van der Waals surface area contributed by atoms with Gasteiger partial charge < -0.3 is 0 Å². The lowest BCUT2D eigenvalue weighted by Gasteiger charge is -2.43. The third-order valence-corrected chi connectivity index (χ3v) is 3.82. The molecule has 5 heteroatoms. The zero-order chi connectivity index (χ0) is 11.7. The first kappa shape index (κ1) is 12.9. The Hall–Kier alpha value is -0.150. The van der Waals surface area contributed by atoms with Crippen molar-refractivity contribution in [3.63, 3.8) is 0 Å². The van der Waals surface area contributed by atoms with Crippen molar-refractivity contribution in [3.8, 4) is 0 Å². The summed E-state index contributed by atoms with van der Waals surface area (Å²) in [5.74, 6) is 0. The number of phosphoric acid groups is 1. The molecule has 0 N–H and O–H groups in total. The molecule has 1 saturated heterocycles. The summed E-state index contributed by atoms with van der Waals surface area (Å²) in [6.45, 7) is 11.2. The predicted octanol–water partition coefficient (Wildman–Crippen LogP) is 3.29. The summed E-state index contributed by atoms with van der Waals surface area (Å²) >= 11 is 0. The SMILES string of the molecule is C=CCOP1(=O)OC(C)(C)CC(C)(C)O1. The molecule has 0 unspecified atom stereocenters. The molecular formula is C10H19O4P. The molecule has 0 bridgehead atoms. The molecule has 0 atom stereocenters. The Morgan fingerprint density at radius 1 is 1.33 bits per heavy atom. The van der Waals surface area contributed by atoms with Crippen molar-refractivity contribution in [2.75, 3.05) is 6.61 Å². The highest BCUT2D eigenvalue weighted by atomic mass is 31.2. The molecule has 0 aromatic heterocycles. The minimum Gasteiger partial charge on any atom is -0.283 e. The zero-order valence-electron chi connectivity index (χ0n) is 9.78. The first-order valence-electron chi connectivity index (χ1n) is 4.95. The Bertz CT molecular complexity index is 276. The molecule has 0 amide bonds. The van der Waals surface area contributed by atoms with Gasteiger partial charge in [-0.05, 0) is 27.7 Å². The van der Waals surface area contributed by atoms with E-state index < -0.39 is 19.0 Å². The topological polar surface area (TPSA) is 44.8 Å². The molecule has 1 aliphatic heterocycles. The monoisotopic (exact) mass is 234 g/mol. The van der Waals surface area contributed by atoms with Crippen LogP contribution in [0.15, 0.2) is 12.7 Å². The van der Waals surface area contributed by atoms with Gasteiger partial charge in [0.1, 0.15) is 0 Å². The van der Waals surface area contributed by atoms with Gasteiger partial charge in [0.15, 0.2) is 0 Å². The smallest absolute Gasteiger partial charge is 0.283 e. The van der Waals surface area contributed by atoms with Crippen LogP contribution in [0.3, 0.4) is 0 Å². The molecule has 15 heavy (non-hydrogen) atoms. The van der Waals surface area contributed by atoms with E-state index in [1.165, 1.54) is 6.08 Å². The van der Waals surface area contributed by atoms with Crippen LogP contribution < -0.4 is 0 Å². The van der Waals surface area contributed by atoms with Gasteiger partial charge in [0.2, 0.25) is 0 Å². The minimum atomic E-state index is -3.44. The average Bonchev–Trinajstić information content (AvgIpc) is 1.93. The van der Waals surface area contributed by atoms with Crippen LogP contribution >= 0.6 is 7.82 Å². The van der Waals surface area contributed by atoms with Gasteiger partial charge in [-0.25, -0.2) is 4.57 Å². The fourth-order valence-corrected chi connectivity index (χ4v) is 3.68. The van der Waals surface area contributed by atoms with Gasteiger partial charge in [-0.2, -0.15) is 0 Å². The standard InChI is InChI=1S/C10H19O4P/c1-6-7-12-15(11)13-9(2,3)8-10(4,5)14-15/h6H,1,7-8H2,2-5H3.